The van der Waals surface area contributed by atoms with E-state index < -0.39 is 24.4 Å². The quantitative estimate of drug-likeness (QED) is 0.110. The summed E-state index contributed by atoms with van der Waals surface area (Å²) in [5, 5.41) is 41.3. The van der Waals surface area contributed by atoms with Crippen LogP contribution in [0.2, 0.25) is 0 Å². The van der Waals surface area contributed by atoms with Gasteiger partial charge in [0.05, 0.1) is 35.8 Å². The highest BCUT2D eigenvalue weighted by atomic mass is 16.3. The maximum atomic E-state index is 11.5. The fourth-order valence-electron chi connectivity index (χ4n) is 11.7. The van der Waals surface area contributed by atoms with Gasteiger partial charge in [-0.25, -0.2) is 9.97 Å². The number of aromatic nitrogens is 2. The number of ketones is 1. The number of Topliss-reactive ketones (excluding diaryl/α,β-unsaturated/α-hetero) is 1. The second kappa shape index (κ2) is 20.5. The van der Waals surface area contributed by atoms with Crippen LogP contribution in [-0.2, 0) is 26.5 Å². The van der Waals surface area contributed by atoms with Gasteiger partial charge >= 0.3 is 0 Å². The second-order valence-corrected chi connectivity index (χ2v) is 23.8. The first-order valence-electron chi connectivity index (χ1n) is 26.1. The summed E-state index contributed by atoms with van der Waals surface area (Å²) in [5.74, 6) is 2.39. The van der Waals surface area contributed by atoms with E-state index >= 15 is 0 Å². The number of nitrogens with zero attached hydrogens (tertiary/aromatic N) is 4. The number of aliphatic hydroxyl groups is 4. The summed E-state index contributed by atoms with van der Waals surface area (Å²) < 4.78 is 0. The van der Waals surface area contributed by atoms with Crippen LogP contribution in [0.25, 0.3) is 22.5 Å². The van der Waals surface area contributed by atoms with E-state index in [1.807, 2.05) is 0 Å². The zero-order chi connectivity index (χ0) is 49.5. The summed E-state index contributed by atoms with van der Waals surface area (Å²) in [6.45, 7) is 22.4. The lowest BCUT2D eigenvalue weighted by molar-refractivity contribution is -0.119. The number of hydrogen-bond acceptors (Lipinski definition) is 11. The number of anilines is 2. The van der Waals surface area contributed by atoms with Gasteiger partial charge in [-0.3, -0.25) is 4.79 Å². The topological polar surface area (TPSA) is 168 Å². The van der Waals surface area contributed by atoms with Crippen LogP contribution in [0.15, 0.2) is 72.8 Å². The number of pyridine rings is 2. The van der Waals surface area contributed by atoms with Crippen molar-refractivity contribution in [3.05, 3.63) is 95.1 Å². The SMILES string of the molecule is CC1(C)CCC(C)(C)c2cc(-c3cccc(N4CCC(=O)CC4)n3)ccc21.CC1(C)CCC(C)(C)c2cc(-c3cccc(N4CCC(N[C@H]5CC[C@H](O)[C@@H]5O)CC4)n3)ccc21.N[C@H]1CC[C@H](O)[C@@H]1O. The molecule has 0 spiro atoms. The third kappa shape index (κ3) is 11.5. The highest BCUT2D eigenvalue weighted by Gasteiger charge is 2.39. The predicted molar refractivity (Wildman–Crippen MR) is 279 cm³/mol. The molecule has 4 aliphatic carbocycles. The first-order chi connectivity index (χ1) is 32.6. The molecule has 11 heteroatoms. The minimum Gasteiger partial charge on any atom is -0.390 e. The zero-order valence-corrected chi connectivity index (χ0v) is 42.8. The lowest BCUT2D eigenvalue weighted by Crippen LogP contribution is -2.49. The normalized spacial score (nSPS) is 27.9. The number of fused-ring (bicyclic) bond motifs is 2. The van der Waals surface area contributed by atoms with Crippen molar-refractivity contribution in [1.29, 1.82) is 0 Å². The molecule has 11 nitrogen and oxygen atoms in total. The van der Waals surface area contributed by atoms with Crippen LogP contribution in [0.1, 0.15) is 155 Å². The van der Waals surface area contributed by atoms with Gasteiger partial charge in [0.1, 0.15) is 17.4 Å². The Bertz CT molecular complexity index is 2400. The number of nitrogens with one attached hydrogen (secondary N) is 1. The third-order valence-corrected chi connectivity index (χ3v) is 16.9. The van der Waals surface area contributed by atoms with Crippen molar-refractivity contribution < 1.29 is 25.2 Å². The van der Waals surface area contributed by atoms with Crippen LogP contribution < -0.4 is 20.9 Å². The number of carbonyl (C=O) groups is 1. The van der Waals surface area contributed by atoms with E-state index in [4.69, 9.17) is 25.9 Å². The Morgan fingerprint density at radius 2 is 0.971 bits per heavy atom. The van der Waals surface area contributed by atoms with Crippen molar-refractivity contribution >= 4 is 17.4 Å². The molecule has 2 saturated carbocycles. The summed E-state index contributed by atoms with van der Waals surface area (Å²) in [6.07, 6.45) is 8.63. The monoisotopic (exact) mass is 943 g/mol. The highest BCUT2D eigenvalue weighted by molar-refractivity contribution is 5.81. The Morgan fingerprint density at radius 1 is 0.536 bits per heavy atom. The summed E-state index contributed by atoms with van der Waals surface area (Å²) in [5.41, 5.74) is 16.6. The van der Waals surface area contributed by atoms with E-state index in [-0.39, 0.29) is 33.7 Å². The lowest BCUT2D eigenvalue weighted by atomic mass is 9.63. The van der Waals surface area contributed by atoms with Gasteiger partial charge in [-0.1, -0.05) is 91.8 Å². The van der Waals surface area contributed by atoms with Crippen LogP contribution in [-0.4, -0.2) is 105 Å². The van der Waals surface area contributed by atoms with Gasteiger partial charge in [0.15, 0.2) is 0 Å². The average Bonchev–Trinajstić information content (AvgIpc) is 3.82. The molecule has 7 N–H and O–H groups in total. The Hall–Kier alpha value is -4.23. The molecule has 6 atom stereocenters. The molecule has 6 aliphatic rings. The van der Waals surface area contributed by atoms with E-state index in [0.29, 0.717) is 37.5 Å². The highest BCUT2D eigenvalue weighted by Crippen LogP contribution is 2.48. The number of benzene rings is 2. The van der Waals surface area contributed by atoms with Crippen LogP contribution in [0.5, 0.6) is 0 Å². The second-order valence-electron chi connectivity index (χ2n) is 23.8. The molecular weight excluding hydrogens is 861 g/mol. The molecule has 69 heavy (non-hydrogen) atoms. The molecule has 4 fully saturated rings. The van der Waals surface area contributed by atoms with Crippen molar-refractivity contribution in [3.63, 3.8) is 0 Å². The summed E-state index contributed by atoms with van der Waals surface area (Å²) >= 11 is 0. The summed E-state index contributed by atoms with van der Waals surface area (Å²) in [4.78, 5) is 26.2. The molecule has 0 bridgehead atoms. The van der Waals surface area contributed by atoms with Gasteiger partial charge in [0, 0.05) is 68.3 Å². The van der Waals surface area contributed by atoms with Crippen LogP contribution in [0.4, 0.5) is 11.6 Å². The van der Waals surface area contributed by atoms with Crippen LogP contribution in [0, 0.1) is 0 Å². The van der Waals surface area contributed by atoms with Crippen molar-refractivity contribution in [2.45, 2.75) is 197 Å². The Morgan fingerprint density at radius 3 is 1.38 bits per heavy atom. The minimum absolute atomic E-state index is 0.0197. The van der Waals surface area contributed by atoms with Gasteiger partial charge in [0.25, 0.3) is 0 Å². The number of aliphatic hydroxyl groups excluding tert-OH is 4. The van der Waals surface area contributed by atoms with E-state index in [1.54, 1.807) is 0 Å². The van der Waals surface area contributed by atoms with Gasteiger partial charge in [0.2, 0.25) is 0 Å². The van der Waals surface area contributed by atoms with Crippen molar-refractivity contribution in [2.24, 2.45) is 5.73 Å². The van der Waals surface area contributed by atoms with Crippen LogP contribution >= 0.6 is 0 Å². The number of piperidine rings is 2. The fourth-order valence-corrected chi connectivity index (χ4v) is 11.7. The fraction of sp³-hybridized carbons (Fsp3) is 0.603. The maximum absolute atomic E-state index is 11.5. The van der Waals surface area contributed by atoms with Gasteiger partial charge in [-0.2, -0.15) is 0 Å². The van der Waals surface area contributed by atoms with Gasteiger partial charge in [-0.05, 0) is 145 Å². The number of rotatable bonds is 6. The maximum Gasteiger partial charge on any atom is 0.136 e. The van der Waals surface area contributed by atoms with Crippen molar-refractivity contribution in [1.82, 2.24) is 15.3 Å². The summed E-state index contributed by atoms with van der Waals surface area (Å²) in [7, 11) is 0. The summed E-state index contributed by atoms with van der Waals surface area (Å²) in [6, 6.07) is 26.7. The van der Waals surface area contributed by atoms with E-state index in [1.165, 1.54) is 59.1 Å². The van der Waals surface area contributed by atoms with Gasteiger partial charge in [-0.15, -0.1) is 0 Å². The number of carbonyl (C=O) groups excluding carboxylic acids is 1. The minimum atomic E-state index is -0.685. The lowest BCUT2D eigenvalue weighted by Gasteiger charge is -2.42. The van der Waals surface area contributed by atoms with E-state index in [2.05, 4.69) is 143 Å². The largest absolute Gasteiger partial charge is 0.390 e. The predicted octanol–water partition coefficient (Wildman–Crippen LogP) is 8.64. The molecule has 10 rings (SSSR count). The third-order valence-electron chi connectivity index (χ3n) is 16.9. The molecule has 0 unspecified atom stereocenters. The molecule has 374 valence electrons. The molecule has 2 aliphatic heterocycles. The molecule has 2 saturated heterocycles. The molecule has 4 aromatic rings. The smallest absolute Gasteiger partial charge is 0.136 e. The first-order valence-corrected chi connectivity index (χ1v) is 26.1. The average molecular weight is 943 g/mol. The Kier molecular flexibility index (Phi) is 15.2. The molecule has 2 aromatic heterocycles. The van der Waals surface area contributed by atoms with E-state index in [9.17, 15) is 15.0 Å². The van der Waals surface area contributed by atoms with Crippen molar-refractivity contribution in [3.8, 4) is 22.5 Å². The van der Waals surface area contributed by atoms with E-state index in [0.717, 1.165) is 74.9 Å². The zero-order valence-electron chi connectivity index (χ0n) is 42.8. The Balaban J connectivity index is 0.000000163. The molecule has 0 radical (unpaired) electrons. The van der Waals surface area contributed by atoms with Gasteiger partial charge < -0.3 is 41.3 Å². The molecule has 4 heterocycles. The number of nitrogens with two attached hydrogens (primary N) is 1. The number of hydrogen-bond donors (Lipinski definition) is 6. The standard InChI is InChI=1S/C29H41N3O2.C24H30N2O.C5H11NO2/c1-28(2)14-15-29(3,4)22-18-19(8-9-21(22)28)23-6-5-7-26(31-23)32-16-12-20(13-17-32)30-24-10-11-25(33)27(24)34;1-23(2)12-13-24(3,4)20-16-17(8-9-19(20)23)21-6-5-7-22(25-21)26-14-10-18(27)11-15-26;6-3-1-2-4(7)5(3)8/h5-9,18,20,24-25,27,30,33-34H,10-17H2,1-4H3;5-9,16H,10-15H2,1-4H3;3-5,7-8H,1-2,6H2/t24-,25-,27+;;3-,4-,5+/m0.0/s1. The first kappa shape index (κ1) is 51.1. The Labute approximate surface area is 412 Å². The molecule has 0 amide bonds. The van der Waals surface area contributed by atoms with Crippen LogP contribution in [0.3, 0.4) is 0 Å². The molecular formula is C58H82N6O5. The molecule has 2 aromatic carbocycles. The van der Waals surface area contributed by atoms with Crippen molar-refractivity contribution in [2.75, 3.05) is 36.0 Å².